The molecule has 0 unspecified atom stereocenters. The highest BCUT2D eigenvalue weighted by atomic mass is 16.6. The molecule has 1 aromatic rings. The van der Waals surface area contributed by atoms with Gasteiger partial charge in [0.05, 0.1) is 12.2 Å². The van der Waals surface area contributed by atoms with Crippen LogP contribution in [0.2, 0.25) is 0 Å². The quantitative estimate of drug-likeness (QED) is 0.745. The van der Waals surface area contributed by atoms with Crippen molar-refractivity contribution < 1.29 is 9.57 Å². The summed E-state index contributed by atoms with van der Waals surface area (Å²) < 4.78 is 5.53. The lowest BCUT2D eigenvalue weighted by Crippen LogP contribution is -2.15. The molecule has 0 aromatic heterocycles. The Hall–Kier alpha value is -0.900. The van der Waals surface area contributed by atoms with E-state index in [1.165, 1.54) is 24.0 Å². The van der Waals surface area contributed by atoms with Crippen molar-refractivity contribution in [1.82, 2.24) is 0 Å². The van der Waals surface area contributed by atoms with Gasteiger partial charge in [0, 0.05) is 13.5 Å². The smallest absolute Gasteiger partial charge is 0.0721 e. The predicted octanol–water partition coefficient (Wildman–Crippen LogP) is 1.84. The maximum atomic E-state index is 5.53. The zero-order chi connectivity index (χ0) is 11.4. The van der Waals surface area contributed by atoms with Crippen LogP contribution >= 0.6 is 0 Å². The highest BCUT2D eigenvalue weighted by Gasteiger charge is 2.42. The van der Waals surface area contributed by atoms with Crippen molar-refractivity contribution >= 4 is 0 Å². The number of rotatable bonds is 6. The van der Waals surface area contributed by atoms with Crippen molar-refractivity contribution in [3.05, 3.63) is 35.4 Å². The van der Waals surface area contributed by atoms with E-state index in [4.69, 9.17) is 10.6 Å². The standard InChI is InChI=1S/C13H19NO2/c1-15-13(6-7-13)10-12-4-2-3-11(9-12)5-8-16-14/h2-4,9H,5-8,10,14H2,1H3. The molecule has 0 bridgehead atoms. The molecule has 0 amide bonds. The van der Waals surface area contributed by atoms with E-state index in [2.05, 4.69) is 29.1 Å². The van der Waals surface area contributed by atoms with E-state index in [-0.39, 0.29) is 5.60 Å². The SMILES string of the molecule is COC1(Cc2cccc(CCON)c2)CC1. The van der Waals surface area contributed by atoms with Gasteiger partial charge in [0.2, 0.25) is 0 Å². The Bertz CT molecular complexity index is 348. The lowest BCUT2D eigenvalue weighted by Gasteiger charge is -2.13. The Balaban J connectivity index is 1.99. The topological polar surface area (TPSA) is 44.5 Å². The number of ether oxygens (including phenoxy) is 1. The van der Waals surface area contributed by atoms with Crippen LogP contribution in [-0.4, -0.2) is 19.3 Å². The third-order valence-corrected chi connectivity index (χ3v) is 3.27. The summed E-state index contributed by atoms with van der Waals surface area (Å²) in [5.41, 5.74) is 2.74. The zero-order valence-electron chi connectivity index (χ0n) is 9.74. The maximum Gasteiger partial charge on any atom is 0.0721 e. The van der Waals surface area contributed by atoms with E-state index < -0.39 is 0 Å². The van der Waals surface area contributed by atoms with Gasteiger partial charge in [0.1, 0.15) is 0 Å². The van der Waals surface area contributed by atoms with Crippen molar-refractivity contribution in [2.45, 2.75) is 31.3 Å². The molecule has 1 saturated carbocycles. The average Bonchev–Trinajstić information content (AvgIpc) is 3.07. The molecule has 0 radical (unpaired) electrons. The van der Waals surface area contributed by atoms with Crippen LogP contribution < -0.4 is 5.90 Å². The summed E-state index contributed by atoms with van der Waals surface area (Å²) in [7, 11) is 1.80. The molecule has 3 nitrogen and oxygen atoms in total. The first-order chi connectivity index (χ1) is 7.78. The van der Waals surface area contributed by atoms with Crippen LogP contribution in [0.5, 0.6) is 0 Å². The molecule has 0 aliphatic heterocycles. The summed E-state index contributed by atoms with van der Waals surface area (Å²) in [5.74, 6) is 5.03. The van der Waals surface area contributed by atoms with Crippen LogP contribution in [0.25, 0.3) is 0 Å². The Morgan fingerprint density at radius 3 is 2.69 bits per heavy atom. The number of hydrogen-bond acceptors (Lipinski definition) is 3. The van der Waals surface area contributed by atoms with Gasteiger partial charge in [-0.25, -0.2) is 5.90 Å². The summed E-state index contributed by atoms with van der Waals surface area (Å²) in [6.07, 6.45) is 4.24. The predicted molar refractivity (Wildman–Crippen MR) is 63.0 cm³/mol. The second-order valence-electron chi connectivity index (χ2n) is 4.50. The van der Waals surface area contributed by atoms with Crippen LogP contribution in [0, 0.1) is 0 Å². The molecule has 1 aliphatic carbocycles. The van der Waals surface area contributed by atoms with Gasteiger partial charge in [-0.05, 0) is 30.4 Å². The van der Waals surface area contributed by atoms with Crippen molar-refractivity contribution in [1.29, 1.82) is 0 Å². The third kappa shape index (κ3) is 2.82. The second-order valence-corrected chi connectivity index (χ2v) is 4.50. The number of nitrogens with two attached hydrogens (primary N) is 1. The van der Waals surface area contributed by atoms with Gasteiger partial charge in [-0.1, -0.05) is 24.3 Å². The fourth-order valence-corrected chi connectivity index (χ4v) is 2.04. The molecular formula is C13H19NO2. The molecular weight excluding hydrogens is 202 g/mol. The second kappa shape index (κ2) is 4.95. The number of methoxy groups -OCH3 is 1. The van der Waals surface area contributed by atoms with Crippen LogP contribution in [0.1, 0.15) is 24.0 Å². The number of hydrogen-bond donors (Lipinski definition) is 1. The monoisotopic (exact) mass is 221 g/mol. The van der Waals surface area contributed by atoms with Crippen molar-refractivity contribution in [2.24, 2.45) is 5.90 Å². The minimum atomic E-state index is 0.128. The van der Waals surface area contributed by atoms with Crippen molar-refractivity contribution in [3.63, 3.8) is 0 Å². The summed E-state index contributed by atoms with van der Waals surface area (Å²) in [5, 5.41) is 0. The highest BCUT2D eigenvalue weighted by molar-refractivity contribution is 5.26. The minimum Gasteiger partial charge on any atom is -0.378 e. The highest BCUT2D eigenvalue weighted by Crippen LogP contribution is 2.41. The van der Waals surface area contributed by atoms with Gasteiger partial charge in [-0.15, -0.1) is 0 Å². The average molecular weight is 221 g/mol. The maximum absolute atomic E-state index is 5.53. The van der Waals surface area contributed by atoms with Gasteiger partial charge in [-0.3, -0.25) is 0 Å². The summed E-state index contributed by atoms with van der Waals surface area (Å²) in [6.45, 7) is 0.568. The molecule has 1 fully saturated rings. The van der Waals surface area contributed by atoms with E-state index >= 15 is 0 Å². The largest absolute Gasteiger partial charge is 0.378 e. The van der Waals surface area contributed by atoms with Crippen LogP contribution in [0.3, 0.4) is 0 Å². The Morgan fingerprint density at radius 1 is 1.31 bits per heavy atom. The van der Waals surface area contributed by atoms with E-state index in [1.807, 2.05) is 0 Å². The van der Waals surface area contributed by atoms with E-state index in [0.29, 0.717) is 6.61 Å². The summed E-state index contributed by atoms with van der Waals surface area (Å²) in [6, 6.07) is 8.58. The molecule has 0 spiro atoms. The molecule has 3 heteroatoms. The third-order valence-electron chi connectivity index (χ3n) is 3.27. The fraction of sp³-hybridized carbons (Fsp3) is 0.538. The molecule has 0 atom stereocenters. The van der Waals surface area contributed by atoms with E-state index in [0.717, 1.165) is 12.8 Å². The lowest BCUT2D eigenvalue weighted by molar-refractivity contribution is 0.0807. The molecule has 16 heavy (non-hydrogen) atoms. The Labute approximate surface area is 96.5 Å². The van der Waals surface area contributed by atoms with Gasteiger partial charge in [-0.2, -0.15) is 0 Å². The summed E-state index contributed by atoms with van der Waals surface area (Å²) in [4.78, 5) is 4.60. The Morgan fingerprint density at radius 2 is 2.06 bits per heavy atom. The van der Waals surface area contributed by atoms with Crippen molar-refractivity contribution in [2.75, 3.05) is 13.7 Å². The fourth-order valence-electron chi connectivity index (χ4n) is 2.04. The van der Waals surface area contributed by atoms with Gasteiger partial charge < -0.3 is 9.57 Å². The lowest BCUT2D eigenvalue weighted by atomic mass is 10.0. The summed E-state index contributed by atoms with van der Waals surface area (Å²) >= 11 is 0. The van der Waals surface area contributed by atoms with Gasteiger partial charge in [0.25, 0.3) is 0 Å². The van der Waals surface area contributed by atoms with E-state index in [9.17, 15) is 0 Å². The molecule has 88 valence electrons. The van der Waals surface area contributed by atoms with Crippen LogP contribution in [-0.2, 0) is 22.4 Å². The van der Waals surface area contributed by atoms with Crippen LogP contribution in [0.4, 0.5) is 0 Å². The Kier molecular flexibility index (Phi) is 3.59. The first-order valence-corrected chi connectivity index (χ1v) is 5.73. The van der Waals surface area contributed by atoms with Crippen LogP contribution in [0.15, 0.2) is 24.3 Å². The molecule has 2 rings (SSSR count). The van der Waals surface area contributed by atoms with Gasteiger partial charge >= 0.3 is 0 Å². The van der Waals surface area contributed by atoms with Crippen molar-refractivity contribution in [3.8, 4) is 0 Å². The molecule has 1 aliphatic rings. The van der Waals surface area contributed by atoms with Gasteiger partial charge in [0.15, 0.2) is 0 Å². The number of benzene rings is 1. The normalized spacial score (nSPS) is 17.4. The molecule has 0 saturated heterocycles. The first kappa shape index (κ1) is 11.6. The first-order valence-electron chi connectivity index (χ1n) is 5.73. The molecule has 1 aromatic carbocycles. The minimum absolute atomic E-state index is 0.128. The zero-order valence-corrected chi connectivity index (χ0v) is 9.74. The molecule has 2 N–H and O–H groups in total. The van der Waals surface area contributed by atoms with E-state index in [1.54, 1.807) is 7.11 Å². The molecule has 0 heterocycles.